The van der Waals surface area contributed by atoms with Crippen LogP contribution in [0.5, 0.6) is 0 Å². The third-order valence-corrected chi connectivity index (χ3v) is 5.09. The summed E-state index contributed by atoms with van der Waals surface area (Å²) in [6.07, 6.45) is 3.15. The highest BCUT2D eigenvalue weighted by molar-refractivity contribution is 14.1. The van der Waals surface area contributed by atoms with E-state index in [1.807, 2.05) is 36.4 Å². The first-order valence-electron chi connectivity index (χ1n) is 8.60. The summed E-state index contributed by atoms with van der Waals surface area (Å²) >= 11 is 2.23. The summed E-state index contributed by atoms with van der Waals surface area (Å²) in [6, 6.07) is 13.2. The summed E-state index contributed by atoms with van der Waals surface area (Å²) in [4.78, 5) is 30.7. The van der Waals surface area contributed by atoms with Crippen LogP contribution in [0.25, 0.3) is 0 Å². The van der Waals surface area contributed by atoms with Gasteiger partial charge in [-0.1, -0.05) is 6.07 Å². The summed E-state index contributed by atoms with van der Waals surface area (Å²) in [5.74, 6) is 0.527. The molecule has 7 heteroatoms. The lowest BCUT2D eigenvalue weighted by molar-refractivity contribution is -0.121. The molecule has 1 aliphatic heterocycles. The average Bonchev–Trinajstić information content (AvgIpc) is 2.65. The molecule has 2 aromatic rings. The molecule has 26 heavy (non-hydrogen) atoms. The normalized spacial score (nSPS) is 15.4. The number of carbonyl (C=O) groups excluding carboxylic acids is 2. The third-order valence-electron chi connectivity index (χ3n) is 4.37. The smallest absolute Gasteiger partial charge is 0.238 e. The van der Waals surface area contributed by atoms with E-state index in [1.54, 1.807) is 12.3 Å². The van der Waals surface area contributed by atoms with Gasteiger partial charge in [-0.15, -0.1) is 0 Å². The minimum atomic E-state index is -0.0347. The van der Waals surface area contributed by atoms with Gasteiger partial charge < -0.3 is 10.6 Å². The van der Waals surface area contributed by atoms with E-state index in [0.29, 0.717) is 12.4 Å². The zero-order valence-corrected chi connectivity index (χ0v) is 16.5. The molecular formula is C19H21IN4O2. The van der Waals surface area contributed by atoms with Crippen molar-refractivity contribution in [3.8, 4) is 0 Å². The molecule has 3 rings (SSSR count). The summed E-state index contributed by atoms with van der Waals surface area (Å²) in [6.45, 7) is 1.82. The van der Waals surface area contributed by atoms with Crippen molar-refractivity contribution < 1.29 is 9.59 Å². The standard InChI is InChI=1S/C19H21IN4O2/c20-15-4-6-16(7-5-15)22-18(25)13-24-11-8-14(9-12-24)19(26)23-17-3-1-2-10-21-17/h1-7,10,14H,8-9,11-13H2,(H,22,25)(H,21,23,26). The van der Waals surface area contributed by atoms with Crippen LogP contribution in [-0.2, 0) is 9.59 Å². The Hall–Kier alpha value is -2.00. The van der Waals surface area contributed by atoms with Gasteiger partial charge in [0, 0.05) is 21.4 Å². The van der Waals surface area contributed by atoms with Crippen molar-refractivity contribution in [2.24, 2.45) is 5.92 Å². The highest BCUT2D eigenvalue weighted by Gasteiger charge is 2.26. The van der Waals surface area contributed by atoms with Crippen LogP contribution in [0, 0.1) is 9.49 Å². The monoisotopic (exact) mass is 464 g/mol. The Labute approximate surface area is 166 Å². The van der Waals surface area contributed by atoms with E-state index in [0.717, 1.165) is 35.2 Å². The average molecular weight is 464 g/mol. The molecule has 0 aliphatic carbocycles. The van der Waals surface area contributed by atoms with Gasteiger partial charge in [0.1, 0.15) is 5.82 Å². The molecular weight excluding hydrogens is 443 g/mol. The van der Waals surface area contributed by atoms with Crippen LogP contribution < -0.4 is 10.6 Å². The number of hydrogen-bond acceptors (Lipinski definition) is 4. The quantitative estimate of drug-likeness (QED) is 0.668. The Morgan fingerprint density at radius 1 is 1.08 bits per heavy atom. The number of anilines is 2. The molecule has 2 heterocycles. The topological polar surface area (TPSA) is 74.3 Å². The van der Waals surface area contributed by atoms with E-state index >= 15 is 0 Å². The van der Waals surface area contributed by atoms with Gasteiger partial charge in [0.05, 0.1) is 6.54 Å². The fourth-order valence-electron chi connectivity index (χ4n) is 2.96. The van der Waals surface area contributed by atoms with Crippen LogP contribution in [0.2, 0.25) is 0 Å². The summed E-state index contributed by atoms with van der Waals surface area (Å²) in [5.41, 5.74) is 0.806. The lowest BCUT2D eigenvalue weighted by Crippen LogP contribution is -2.41. The second-order valence-electron chi connectivity index (χ2n) is 6.31. The molecule has 0 saturated carbocycles. The van der Waals surface area contributed by atoms with Gasteiger partial charge in [0.25, 0.3) is 0 Å². The summed E-state index contributed by atoms with van der Waals surface area (Å²) < 4.78 is 1.13. The van der Waals surface area contributed by atoms with Gasteiger partial charge in [-0.25, -0.2) is 4.98 Å². The molecule has 6 nitrogen and oxygen atoms in total. The first-order chi connectivity index (χ1) is 12.6. The third kappa shape index (κ3) is 5.50. The molecule has 0 spiro atoms. The number of piperidine rings is 1. The summed E-state index contributed by atoms with van der Waals surface area (Å²) in [5, 5.41) is 5.77. The Morgan fingerprint density at radius 2 is 1.81 bits per heavy atom. The fraction of sp³-hybridized carbons (Fsp3) is 0.316. The number of nitrogens with one attached hydrogen (secondary N) is 2. The zero-order valence-electron chi connectivity index (χ0n) is 14.3. The molecule has 136 valence electrons. The SMILES string of the molecule is O=C(CN1CCC(C(=O)Nc2ccccn2)CC1)Nc1ccc(I)cc1. The molecule has 1 saturated heterocycles. The van der Waals surface area contributed by atoms with E-state index in [2.05, 4.69) is 43.1 Å². The molecule has 1 aromatic heterocycles. The van der Waals surface area contributed by atoms with Gasteiger partial charge in [0.15, 0.2) is 0 Å². The Bertz CT molecular complexity index is 744. The lowest BCUT2D eigenvalue weighted by atomic mass is 9.96. The van der Waals surface area contributed by atoms with E-state index in [9.17, 15) is 9.59 Å². The number of amides is 2. The maximum absolute atomic E-state index is 12.3. The van der Waals surface area contributed by atoms with Gasteiger partial charge in [-0.05, 0) is 84.9 Å². The Balaban J connectivity index is 1.42. The van der Waals surface area contributed by atoms with Gasteiger partial charge in [-0.3, -0.25) is 14.5 Å². The van der Waals surface area contributed by atoms with Crippen LogP contribution in [0.15, 0.2) is 48.7 Å². The molecule has 0 atom stereocenters. The van der Waals surface area contributed by atoms with E-state index in [4.69, 9.17) is 0 Å². The molecule has 1 aromatic carbocycles. The highest BCUT2D eigenvalue weighted by atomic mass is 127. The number of pyridine rings is 1. The fourth-order valence-corrected chi connectivity index (χ4v) is 3.31. The maximum atomic E-state index is 12.3. The van der Waals surface area contributed by atoms with Crippen LogP contribution in [-0.4, -0.2) is 41.3 Å². The molecule has 0 radical (unpaired) electrons. The first kappa shape index (κ1) is 18.8. The van der Waals surface area contributed by atoms with Crippen LogP contribution >= 0.6 is 22.6 Å². The van der Waals surface area contributed by atoms with Crippen molar-refractivity contribution in [3.05, 3.63) is 52.2 Å². The van der Waals surface area contributed by atoms with Gasteiger partial charge in [-0.2, -0.15) is 0 Å². The van der Waals surface area contributed by atoms with Crippen molar-refractivity contribution in [1.29, 1.82) is 0 Å². The first-order valence-corrected chi connectivity index (χ1v) is 9.68. The number of aromatic nitrogens is 1. The van der Waals surface area contributed by atoms with Crippen molar-refractivity contribution >= 4 is 45.9 Å². The minimum absolute atomic E-state index is 0.00619. The zero-order chi connectivity index (χ0) is 18.4. The van der Waals surface area contributed by atoms with Crippen LogP contribution in [0.4, 0.5) is 11.5 Å². The number of rotatable bonds is 5. The van der Waals surface area contributed by atoms with E-state index < -0.39 is 0 Å². The number of benzene rings is 1. The lowest BCUT2D eigenvalue weighted by Gasteiger charge is -2.30. The van der Waals surface area contributed by atoms with E-state index in [1.165, 1.54) is 0 Å². The van der Waals surface area contributed by atoms with E-state index in [-0.39, 0.29) is 17.7 Å². The number of halogens is 1. The predicted molar refractivity (Wildman–Crippen MR) is 110 cm³/mol. The molecule has 1 fully saturated rings. The van der Waals surface area contributed by atoms with Crippen molar-refractivity contribution in [2.75, 3.05) is 30.3 Å². The van der Waals surface area contributed by atoms with Crippen molar-refractivity contribution in [3.63, 3.8) is 0 Å². The maximum Gasteiger partial charge on any atom is 0.238 e. The number of carbonyl (C=O) groups is 2. The molecule has 1 aliphatic rings. The van der Waals surface area contributed by atoms with Crippen LogP contribution in [0.1, 0.15) is 12.8 Å². The van der Waals surface area contributed by atoms with Crippen LogP contribution in [0.3, 0.4) is 0 Å². The second kappa shape index (κ2) is 9.09. The van der Waals surface area contributed by atoms with Gasteiger partial charge >= 0.3 is 0 Å². The Morgan fingerprint density at radius 3 is 2.46 bits per heavy atom. The highest BCUT2D eigenvalue weighted by Crippen LogP contribution is 2.19. The predicted octanol–water partition coefficient (Wildman–Crippen LogP) is 2.98. The minimum Gasteiger partial charge on any atom is -0.325 e. The molecule has 0 unspecified atom stereocenters. The second-order valence-corrected chi connectivity index (χ2v) is 7.56. The molecule has 0 bridgehead atoms. The number of likely N-dealkylation sites (tertiary alicyclic amines) is 1. The number of nitrogens with zero attached hydrogens (tertiary/aromatic N) is 2. The molecule has 2 amide bonds. The van der Waals surface area contributed by atoms with Crippen molar-refractivity contribution in [2.45, 2.75) is 12.8 Å². The van der Waals surface area contributed by atoms with Crippen molar-refractivity contribution in [1.82, 2.24) is 9.88 Å². The number of hydrogen-bond donors (Lipinski definition) is 2. The van der Waals surface area contributed by atoms with Gasteiger partial charge in [0.2, 0.25) is 11.8 Å². The largest absolute Gasteiger partial charge is 0.325 e. The molecule has 2 N–H and O–H groups in total. The Kier molecular flexibility index (Phi) is 6.56. The summed E-state index contributed by atoms with van der Waals surface area (Å²) in [7, 11) is 0.